The maximum absolute atomic E-state index is 13.1. The van der Waals surface area contributed by atoms with Gasteiger partial charge in [-0.15, -0.1) is 0 Å². The average Bonchev–Trinajstić information content (AvgIpc) is 3.02. The fourth-order valence-electron chi connectivity index (χ4n) is 2.43. The molecule has 0 saturated carbocycles. The number of anilines is 2. The van der Waals surface area contributed by atoms with E-state index in [9.17, 15) is 9.18 Å². The van der Waals surface area contributed by atoms with Crippen molar-refractivity contribution in [3.05, 3.63) is 54.0 Å². The first kappa shape index (κ1) is 13.5. The molecule has 1 fully saturated rings. The lowest BCUT2D eigenvalue weighted by molar-refractivity contribution is 0.102. The van der Waals surface area contributed by atoms with Crippen LogP contribution in [0, 0.1) is 5.82 Å². The van der Waals surface area contributed by atoms with Crippen LogP contribution in [-0.2, 0) is 0 Å². The lowest BCUT2D eigenvalue weighted by Crippen LogP contribution is -2.21. The monoisotopic (exact) mass is 285 g/mol. The van der Waals surface area contributed by atoms with Crippen LogP contribution in [-0.4, -0.2) is 24.0 Å². The molecule has 1 aromatic heterocycles. The van der Waals surface area contributed by atoms with E-state index in [1.54, 1.807) is 18.2 Å². The molecule has 21 heavy (non-hydrogen) atoms. The highest BCUT2D eigenvalue weighted by Crippen LogP contribution is 2.18. The molecule has 0 bridgehead atoms. The van der Waals surface area contributed by atoms with Gasteiger partial charge in [0, 0.05) is 18.8 Å². The summed E-state index contributed by atoms with van der Waals surface area (Å²) < 4.78 is 13.1. The van der Waals surface area contributed by atoms with Gasteiger partial charge in [0.15, 0.2) is 0 Å². The summed E-state index contributed by atoms with van der Waals surface area (Å²) in [7, 11) is 0. The van der Waals surface area contributed by atoms with E-state index in [4.69, 9.17) is 0 Å². The van der Waals surface area contributed by atoms with Gasteiger partial charge in [-0.1, -0.05) is 12.1 Å². The molecule has 1 aromatic carbocycles. The number of amides is 1. The Balaban J connectivity index is 1.76. The number of benzene rings is 1. The molecule has 5 heteroatoms. The van der Waals surface area contributed by atoms with Crippen molar-refractivity contribution in [2.75, 3.05) is 23.3 Å². The van der Waals surface area contributed by atoms with E-state index < -0.39 is 0 Å². The van der Waals surface area contributed by atoms with Crippen molar-refractivity contribution in [3.63, 3.8) is 0 Å². The van der Waals surface area contributed by atoms with Crippen LogP contribution in [0.2, 0.25) is 0 Å². The summed E-state index contributed by atoms with van der Waals surface area (Å²) >= 11 is 0. The van der Waals surface area contributed by atoms with E-state index in [1.807, 2.05) is 12.1 Å². The number of nitrogens with one attached hydrogen (secondary N) is 1. The number of hydrogen-bond donors (Lipinski definition) is 1. The molecule has 0 unspecified atom stereocenters. The van der Waals surface area contributed by atoms with Gasteiger partial charge in [-0.3, -0.25) is 4.79 Å². The quantitative estimate of drug-likeness (QED) is 0.942. The van der Waals surface area contributed by atoms with Gasteiger partial charge in [0.1, 0.15) is 17.3 Å². The number of aromatic nitrogens is 1. The van der Waals surface area contributed by atoms with Crippen LogP contribution < -0.4 is 10.2 Å². The van der Waals surface area contributed by atoms with E-state index >= 15 is 0 Å². The van der Waals surface area contributed by atoms with Crippen molar-refractivity contribution in [3.8, 4) is 0 Å². The largest absolute Gasteiger partial charge is 0.357 e. The summed E-state index contributed by atoms with van der Waals surface area (Å²) in [5.74, 6) is 0.104. The minimum absolute atomic E-state index is 0.332. The molecule has 1 amide bonds. The second kappa shape index (κ2) is 5.91. The zero-order valence-corrected chi connectivity index (χ0v) is 11.6. The molecule has 1 aliphatic heterocycles. The molecule has 3 rings (SSSR count). The molecule has 108 valence electrons. The summed E-state index contributed by atoms with van der Waals surface area (Å²) in [6.45, 7) is 1.95. The Labute approximate surface area is 122 Å². The molecular weight excluding hydrogens is 269 g/mol. The van der Waals surface area contributed by atoms with Crippen LogP contribution in [0.5, 0.6) is 0 Å². The molecule has 0 aliphatic carbocycles. The van der Waals surface area contributed by atoms with Gasteiger partial charge in [0.05, 0.1) is 0 Å². The smallest absolute Gasteiger partial charge is 0.274 e. The number of halogens is 1. The maximum Gasteiger partial charge on any atom is 0.274 e. The van der Waals surface area contributed by atoms with Crippen molar-refractivity contribution < 1.29 is 9.18 Å². The van der Waals surface area contributed by atoms with Gasteiger partial charge in [0.2, 0.25) is 0 Å². The van der Waals surface area contributed by atoms with Gasteiger partial charge in [-0.05, 0) is 43.2 Å². The molecule has 2 aromatic rings. The van der Waals surface area contributed by atoms with Crippen molar-refractivity contribution in [1.29, 1.82) is 0 Å². The number of hydrogen-bond acceptors (Lipinski definition) is 3. The van der Waals surface area contributed by atoms with Gasteiger partial charge in [0.25, 0.3) is 5.91 Å². The first-order valence-corrected chi connectivity index (χ1v) is 7.01. The number of carbonyl (C=O) groups excluding carboxylic acids is 1. The van der Waals surface area contributed by atoms with E-state index in [0.717, 1.165) is 31.7 Å². The predicted octanol–water partition coefficient (Wildman–Crippen LogP) is 3.07. The standard InChI is InChI=1S/C16H16FN3O/c17-12-5-3-6-13(11-12)18-16(21)14-7-4-8-15(19-14)20-9-1-2-10-20/h3-8,11H,1-2,9-10H2,(H,18,21). The second-order valence-electron chi connectivity index (χ2n) is 5.04. The van der Waals surface area contributed by atoms with E-state index in [2.05, 4.69) is 15.2 Å². The van der Waals surface area contributed by atoms with Crippen molar-refractivity contribution in [2.45, 2.75) is 12.8 Å². The lowest BCUT2D eigenvalue weighted by atomic mass is 10.3. The van der Waals surface area contributed by atoms with Crippen LogP contribution in [0.15, 0.2) is 42.5 Å². The number of rotatable bonds is 3. The second-order valence-corrected chi connectivity index (χ2v) is 5.04. The number of carbonyl (C=O) groups is 1. The summed E-state index contributed by atoms with van der Waals surface area (Å²) in [4.78, 5) is 18.7. The summed E-state index contributed by atoms with van der Waals surface area (Å²) in [6.07, 6.45) is 2.31. The van der Waals surface area contributed by atoms with Crippen molar-refractivity contribution >= 4 is 17.4 Å². The van der Waals surface area contributed by atoms with E-state index in [-0.39, 0.29) is 11.7 Å². The van der Waals surface area contributed by atoms with Gasteiger partial charge in [-0.25, -0.2) is 9.37 Å². The van der Waals surface area contributed by atoms with Gasteiger partial charge in [-0.2, -0.15) is 0 Å². The minimum Gasteiger partial charge on any atom is -0.357 e. The highest BCUT2D eigenvalue weighted by molar-refractivity contribution is 6.03. The normalized spacial score (nSPS) is 14.2. The highest BCUT2D eigenvalue weighted by Gasteiger charge is 2.15. The average molecular weight is 285 g/mol. The minimum atomic E-state index is -0.383. The SMILES string of the molecule is O=C(Nc1cccc(F)c1)c1cccc(N2CCCC2)n1. The summed E-state index contributed by atoms with van der Waals surface area (Å²) in [5.41, 5.74) is 0.761. The molecule has 0 spiro atoms. The molecular formula is C16H16FN3O. The topological polar surface area (TPSA) is 45.2 Å². The Morgan fingerprint density at radius 1 is 1.14 bits per heavy atom. The van der Waals surface area contributed by atoms with Gasteiger partial charge < -0.3 is 10.2 Å². The van der Waals surface area contributed by atoms with Crippen LogP contribution in [0.1, 0.15) is 23.3 Å². The molecule has 4 nitrogen and oxygen atoms in total. The Hall–Kier alpha value is -2.43. The Bertz CT molecular complexity index is 653. The Morgan fingerprint density at radius 2 is 1.90 bits per heavy atom. The van der Waals surface area contributed by atoms with Crippen LogP contribution >= 0.6 is 0 Å². The maximum atomic E-state index is 13.1. The number of nitrogens with zero attached hydrogens (tertiary/aromatic N) is 2. The highest BCUT2D eigenvalue weighted by atomic mass is 19.1. The third kappa shape index (κ3) is 3.18. The first-order valence-electron chi connectivity index (χ1n) is 7.01. The summed E-state index contributed by atoms with van der Waals surface area (Å²) in [5, 5.41) is 2.66. The lowest BCUT2D eigenvalue weighted by Gasteiger charge is -2.16. The zero-order chi connectivity index (χ0) is 14.7. The summed E-state index contributed by atoms with van der Waals surface area (Å²) in [6, 6.07) is 11.2. The fraction of sp³-hybridized carbons (Fsp3) is 0.250. The molecule has 1 aliphatic rings. The molecule has 0 radical (unpaired) electrons. The third-order valence-electron chi connectivity index (χ3n) is 3.48. The molecule has 1 N–H and O–H groups in total. The Kier molecular flexibility index (Phi) is 3.81. The molecule has 1 saturated heterocycles. The fourth-order valence-corrected chi connectivity index (χ4v) is 2.43. The van der Waals surface area contributed by atoms with Crippen molar-refractivity contribution in [2.24, 2.45) is 0 Å². The van der Waals surface area contributed by atoms with Gasteiger partial charge >= 0.3 is 0 Å². The Morgan fingerprint density at radius 3 is 2.67 bits per heavy atom. The third-order valence-corrected chi connectivity index (χ3v) is 3.48. The van der Waals surface area contributed by atoms with E-state index in [0.29, 0.717) is 11.4 Å². The number of pyridine rings is 1. The predicted molar refractivity (Wildman–Crippen MR) is 80.0 cm³/mol. The first-order chi connectivity index (χ1) is 10.2. The van der Waals surface area contributed by atoms with Crippen LogP contribution in [0.4, 0.5) is 15.9 Å². The van der Waals surface area contributed by atoms with E-state index in [1.165, 1.54) is 12.1 Å². The molecule has 0 atom stereocenters. The van der Waals surface area contributed by atoms with Crippen LogP contribution in [0.3, 0.4) is 0 Å². The molecule has 2 heterocycles. The van der Waals surface area contributed by atoms with Crippen LogP contribution in [0.25, 0.3) is 0 Å². The zero-order valence-electron chi connectivity index (χ0n) is 11.6. The van der Waals surface area contributed by atoms with Crippen molar-refractivity contribution in [1.82, 2.24) is 4.98 Å².